The van der Waals surface area contributed by atoms with Crippen molar-refractivity contribution in [2.45, 2.75) is 6.55 Å². The molecule has 0 aromatic carbocycles. The minimum absolute atomic E-state index is 0.402. The van der Waals surface area contributed by atoms with E-state index in [1.165, 1.54) is 7.05 Å². The fourth-order valence-corrected chi connectivity index (χ4v) is 1.34. The third-order valence-electron chi connectivity index (χ3n) is 1.65. The normalized spacial score (nSPS) is 10.2. The Labute approximate surface area is 74.1 Å². The average Bonchev–Trinajstić information content (AvgIpc) is 2.13. The van der Waals surface area contributed by atoms with Crippen molar-refractivity contribution in [3.63, 3.8) is 0 Å². The molecular formula is C8H15NO2Si. The topological polar surface area (TPSA) is 38.3 Å². The lowest BCUT2D eigenvalue weighted by Gasteiger charge is -2.17. The molecule has 68 valence electrons. The van der Waals surface area contributed by atoms with Crippen LogP contribution in [0, 0.1) is 0 Å². The van der Waals surface area contributed by atoms with Crippen LogP contribution >= 0.6 is 0 Å². The number of hydrogen-bond acceptors (Lipinski definition) is 2. The number of nitrogens with one attached hydrogen (secondary N) is 1. The first-order valence-electron chi connectivity index (χ1n) is 3.69. The van der Waals surface area contributed by atoms with Crippen molar-refractivity contribution in [3.8, 4) is 0 Å². The number of alkyl carbamates (subject to hydrolysis) is 1. The van der Waals surface area contributed by atoms with Crippen LogP contribution in [0.4, 0.5) is 4.79 Å². The van der Waals surface area contributed by atoms with Gasteiger partial charge < -0.3 is 10.1 Å². The third kappa shape index (κ3) is 3.38. The predicted molar refractivity (Wildman–Crippen MR) is 52.4 cm³/mol. The molecule has 0 saturated heterocycles. The maximum absolute atomic E-state index is 10.7. The second-order valence-electron chi connectivity index (χ2n) is 2.74. The van der Waals surface area contributed by atoms with Gasteiger partial charge in [0.25, 0.3) is 0 Å². The Morgan fingerprint density at radius 3 is 2.42 bits per heavy atom. The van der Waals surface area contributed by atoms with E-state index in [4.69, 9.17) is 4.74 Å². The van der Waals surface area contributed by atoms with E-state index in [-0.39, 0.29) is 0 Å². The fraction of sp³-hybridized carbons (Fsp3) is 0.375. The van der Waals surface area contributed by atoms with E-state index in [9.17, 15) is 4.79 Å². The first-order chi connectivity index (χ1) is 5.58. The number of hydrogen-bond donors (Lipinski definition) is 1. The summed E-state index contributed by atoms with van der Waals surface area (Å²) in [6.07, 6.45) is -0.00271. The molecular weight excluding hydrogens is 170 g/mol. The van der Waals surface area contributed by atoms with Crippen LogP contribution in [-0.2, 0) is 4.74 Å². The van der Waals surface area contributed by atoms with Gasteiger partial charge in [-0.3, -0.25) is 0 Å². The maximum atomic E-state index is 10.7. The summed E-state index contributed by atoms with van der Waals surface area (Å²) in [5.74, 6) is 0. The van der Waals surface area contributed by atoms with Gasteiger partial charge in [-0.05, 0) is 0 Å². The number of carbonyl (C=O) groups excluding carboxylic acids is 1. The van der Waals surface area contributed by atoms with Gasteiger partial charge in [-0.25, -0.2) is 4.79 Å². The van der Waals surface area contributed by atoms with Crippen molar-refractivity contribution >= 4 is 14.2 Å². The zero-order valence-corrected chi connectivity index (χ0v) is 8.59. The van der Waals surface area contributed by atoms with Crippen LogP contribution in [0.1, 0.15) is 0 Å². The lowest BCUT2D eigenvalue weighted by atomic mass is 11.1. The highest BCUT2D eigenvalue weighted by Crippen LogP contribution is 2.05. The van der Waals surface area contributed by atoms with Gasteiger partial charge in [0.15, 0.2) is 0 Å². The van der Waals surface area contributed by atoms with Gasteiger partial charge in [-0.15, -0.1) is 13.2 Å². The van der Waals surface area contributed by atoms with Gasteiger partial charge in [0.1, 0.15) is 8.07 Å². The second-order valence-corrected chi connectivity index (χ2v) is 6.86. The van der Waals surface area contributed by atoms with E-state index in [2.05, 4.69) is 18.5 Å². The molecule has 0 bridgehead atoms. The van der Waals surface area contributed by atoms with Crippen LogP contribution < -0.4 is 5.32 Å². The minimum Gasteiger partial charge on any atom is -0.453 e. The van der Waals surface area contributed by atoms with Crippen LogP contribution in [0.25, 0.3) is 0 Å². The summed E-state index contributed by atoms with van der Waals surface area (Å²) in [6.45, 7) is 9.40. The molecule has 0 fully saturated rings. The van der Waals surface area contributed by atoms with Crippen molar-refractivity contribution in [1.29, 1.82) is 0 Å². The molecule has 0 aliphatic carbocycles. The number of carbonyl (C=O) groups is 1. The van der Waals surface area contributed by atoms with Crippen molar-refractivity contribution in [2.24, 2.45) is 0 Å². The maximum Gasteiger partial charge on any atom is 0.406 e. The molecule has 0 saturated carbocycles. The molecule has 4 heteroatoms. The largest absolute Gasteiger partial charge is 0.453 e. The molecule has 1 N–H and O–H groups in total. The summed E-state index contributed by atoms with van der Waals surface area (Å²) >= 11 is 0. The highest BCUT2D eigenvalue weighted by atomic mass is 28.3. The fourth-order valence-electron chi connectivity index (χ4n) is 0.494. The minimum atomic E-state index is -1.73. The van der Waals surface area contributed by atoms with Crippen LogP contribution in [0.3, 0.4) is 0 Å². The van der Waals surface area contributed by atoms with Crippen LogP contribution in [-0.4, -0.2) is 27.4 Å². The van der Waals surface area contributed by atoms with Gasteiger partial charge in [0.2, 0.25) is 0 Å². The molecule has 12 heavy (non-hydrogen) atoms. The Morgan fingerprint density at radius 1 is 1.58 bits per heavy atom. The van der Waals surface area contributed by atoms with E-state index in [1.807, 2.05) is 17.9 Å². The zero-order valence-electron chi connectivity index (χ0n) is 7.59. The van der Waals surface area contributed by atoms with Crippen LogP contribution in [0.5, 0.6) is 0 Å². The summed E-state index contributed by atoms with van der Waals surface area (Å²) in [4.78, 5) is 10.7. The molecule has 0 unspecified atom stereocenters. The molecule has 0 atom stereocenters. The van der Waals surface area contributed by atoms with Gasteiger partial charge in [-0.2, -0.15) is 0 Å². The highest BCUT2D eigenvalue weighted by Gasteiger charge is 2.20. The second kappa shape index (κ2) is 4.77. The summed E-state index contributed by atoms with van der Waals surface area (Å²) in [6, 6.07) is 0. The predicted octanol–water partition coefficient (Wildman–Crippen LogP) is 1.41. The summed E-state index contributed by atoms with van der Waals surface area (Å²) < 4.78 is 4.91. The first-order valence-corrected chi connectivity index (χ1v) is 6.56. The average molecular weight is 185 g/mol. The Balaban J connectivity index is 3.97. The Kier molecular flexibility index (Phi) is 4.36. The van der Waals surface area contributed by atoms with Crippen molar-refractivity contribution in [3.05, 3.63) is 24.6 Å². The molecule has 0 rings (SSSR count). The van der Waals surface area contributed by atoms with E-state index in [0.717, 1.165) is 0 Å². The zero-order chi connectivity index (χ0) is 9.61. The van der Waals surface area contributed by atoms with E-state index < -0.39 is 14.2 Å². The number of rotatable bonds is 4. The lowest BCUT2D eigenvalue weighted by molar-refractivity contribution is 0.165. The highest BCUT2D eigenvalue weighted by molar-refractivity contribution is 6.87. The summed E-state index contributed by atoms with van der Waals surface area (Å²) in [5, 5.41) is 2.38. The molecule has 0 aliphatic rings. The quantitative estimate of drug-likeness (QED) is 0.673. The van der Waals surface area contributed by atoms with Crippen molar-refractivity contribution in [2.75, 3.05) is 13.3 Å². The SMILES string of the molecule is C=C[Si](C)(C=C)COC(=O)NC. The summed E-state index contributed by atoms with van der Waals surface area (Å²) in [7, 11) is -0.201. The Hall–Kier alpha value is -1.03. The molecule has 0 radical (unpaired) electrons. The monoisotopic (exact) mass is 185 g/mol. The molecule has 0 spiro atoms. The molecule has 0 aromatic heterocycles. The first kappa shape index (κ1) is 11.0. The van der Waals surface area contributed by atoms with E-state index >= 15 is 0 Å². The molecule has 0 aromatic rings. The lowest BCUT2D eigenvalue weighted by Crippen LogP contribution is -2.35. The Bertz CT molecular complexity index is 183. The van der Waals surface area contributed by atoms with Gasteiger partial charge in [-0.1, -0.05) is 17.9 Å². The molecule has 0 heterocycles. The number of ether oxygens (including phenoxy) is 1. The van der Waals surface area contributed by atoms with E-state index in [0.29, 0.717) is 6.23 Å². The van der Waals surface area contributed by atoms with Crippen LogP contribution in [0.15, 0.2) is 24.6 Å². The van der Waals surface area contributed by atoms with Crippen molar-refractivity contribution in [1.82, 2.24) is 5.32 Å². The third-order valence-corrected chi connectivity index (χ3v) is 4.28. The molecule has 0 aliphatic heterocycles. The number of amides is 1. The Morgan fingerprint density at radius 2 is 2.08 bits per heavy atom. The van der Waals surface area contributed by atoms with Crippen LogP contribution in [0.2, 0.25) is 6.55 Å². The molecule has 1 amide bonds. The smallest absolute Gasteiger partial charge is 0.406 e. The van der Waals surface area contributed by atoms with Gasteiger partial charge >= 0.3 is 6.09 Å². The van der Waals surface area contributed by atoms with Gasteiger partial charge in [0, 0.05) is 7.05 Å². The van der Waals surface area contributed by atoms with Crippen molar-refractivity contribution < 1.29 is 9.53 Å². The summed E-state index contributed by atoms with van der Waals surface area (Å²) in [5.41, 5.74) is 3.67. The standard InChI is InChI=1S/C8H15NO2Si/c1-5-12(4,6-2)7-11-8(10)9-3/h5-6H,1-2,7H2,3-4H3,(H,9,10). The van der Waals surface area contributed by atoms with E-state index in [1.54, 1.807) is 0 Å². The molecule has 3 nitrogen and oxygen atoms in total. The van der Waals surface area contributed by atoms with Gasteiger partial charge in [0.05, 0.1) is 6.23 Å².